The van der Waals surface area contributed by atoms with Crippen molar-refractivity contribution >= 4 is 0 Å². The highest BCUT2D eigenvalue weighted by Gasteiger charge is 2.21. The molecule has 0 spiro atoms. The Morgan fingerprint density at radius 2 is 2.44 bits per heavy atom. The Morgan fingerprint density at radius 1 is 1.67 bits per heavy atom. The third-order valence-electron chi connectivity index (χ3n) is 1.64. The van der Waals surface area contributed by atoms with Gasteiger partial charge in [0.1, 0.15) is 0 Å². The van der Waals surface area contributed by atoms with E-state index in [-0.39, 0.29) is 12.2 Å². The Morgan fingerprint density at radius 3 is 2.89 bits per heavy atom. The molecule has 1 fully saturated rings. The fraction of sp³-hybridized carbons (Fsp3) is 1.00. The minimum absolute atomic E-state index is 0.112. The molecule has 1 aliphatic rings. The molecule has 2 atom stereocenters. The molecule has 0 saturated carbocycles. The molecule has 1 aliphatic heterocycles. The van der Waals surface area contributed by atoms with Crippen molar-refractivity contribution in [2.75, 3.05) is 13.2 Å². The van der Waals surface area contributed by atoms with Gasteiger partial charge < -0.3 is 15.6 Å². The summed E-state index contributed by atoms with van der Waals surface area (Å²) in [6.07, 6.45) is 1.35. The molecule has 0 amide bonds. The molecule has 0 unspecified atom stereocenters. The topological polar surface area (TPSA) is 55.5 Å². The Labute approximate surface area is 54.8 Å². The van der Waals surface area contributed by atoms with Gasteiger partial charge in [-0.15, -0.1) is 0 Å². The molecule has 1 rings (SSSR count). The van der Waals surface area contributed by atoms with Gasteiger partial charge in [-0.3, -0.25) is 0 Å². The summed E-state index contributed by atoms with van der Waals surface area (Å²) in [7, 11) is 0. The summed E-state index contributed by atoms with van der Waals surface area (Å²) >= 11 is 0. The van der Waals surface area contributed by atoms with Gasteiger partial charge in [-0.2, -0.15) is 0 Å². The maximum absolute atomic E-state index is 9.16. The standard InChI is InChI=1S/C6H13NO2/c7-4-6-5(8)2-1-3-9-6/h5-6,8H,1-4,7H2/t5-,6-/m0/s1. The number of hydrogen-bond acceptors (Lipinski definition) is 3. The van der Waals surface area contributed by atoms with E-state index in [1.807, 2.05) is 0 Å². The smallest absolute Gasteiger partial charge is 0.0955 e. The van der Waals surface area contributed by atoms with Crippen LogP contribution in [0.15, 0.2) is 0 Å². The lowest BCUT2D eigenvalue weighted by atomic mass is 10.1. The number of aliphatic hydroxyl groups is 1. The van der Waals surface area contributed by atoms with Crippen LogP contribution in [0.1, 0.15) is 12.8 Å². The third-order valence-corrected chi connectivity index (χ3v) is 1.64. The lowest BCUT2D eigenvalue weighted by Crippen LogP contribution is -2.39. The molecule has 3 nitrogen and oxygen atoms in total. The predicted molar refractivity (Wildman–Crippen MR) is 34.0 cm³/mol. The summed E-state index contributed by atoms with van der Waals surface area (Å²) in [5.41, 5.74) is 5.31. The average molecular weight is 131 g/mol. The first-order valence-corrected chi connectivity index (χ1v) is 3.34. The summed E-state index contributed by atoms with van der Waals surface area (Å²) in [4.78, 5) is 0. The Hall–Kier alpha value is -0.120. The quantitative estimate of drug-likeness (QED) is 0.503. The molecule has 1 heterocycles. The van der Waals surface area contributed by atoms with E-state index in [0.717, 1.165) is 19.4 Å². The van der Waals surface area contributed by atoms with Crippen molar-refractivity contribution in [2.45, 2.75) is 25.0 Å². The molecule has 9 heavy (non-hydrogen) atoms. The highest BCUT2D eigenvalue weighted by molar-refractivity contribution is 4.73. The van der Waals surface area contributed by atoms with E-state index < -0.39 is 0 Å². The zero-order valence-electron chi connectivity index (χ0n) is 5.42. The second-order valence-electron chi connectivity index (χ2n) is 2.35. The van der Waals surface area contributed by atoms with Crippen molar-refractivity contribution in [3.8, 4) is 0 Å². The summed E-state index contributed by atoms with van der Waals surface area (Å²) in [5.74, 6) is 0. The number of nitrogens with two attached hydrogens (primary N) is 1. The Kier molecular flexibility index (Phi) is 2.45. The third kappa shape index (κ3) is 1.64. The average Bonchev–Trinajstić information content (AvgIpc) is 1.89. The van der Waals surface area contributed by atoms with E-state index in [0.29, 0.717) is 6.54 Å². The van der Waals surface area contributed by atoms with Crippen molar-refractivity contribution < 1.29 is 9.84 Å². The van der Waals surface area contributed by atoms with Crippen LogP contribution in [0.5, 0.6) is 0 Å². The highest BCUT2D eigenvalue weighted by Crippen LogP contribution is 2.11. The summed E-state index contributed by atoms with van der Waals surface area (Å²) in [6, 6.07) is 0. The molecular formula is C6H13NO2. The minimum atomic E-state index is -0.330. The van der Waals surface area contributed by atoms with Crippen molar-refractivity contribution in [2.24, 2.45) is 5.73 Å². The first-order valence-electron chi connectivity index (χ1n) is 3.34. The maximum Gasteiger partial charge on any atom is 0.0955 e. The van der Waals surface area contributed by atoms with Crippen LogP contribution in [0.2, 0.25) is 0 Å². The van der Waals surface area contributed by atoms with Crippen molar-refractivity contribution in [3.63, 3.8) is 0 Å². The number of rotatable bonds is 1. The second-order valence-corrected chi connectivity index (χ2v) is 2.35. The molecule has 3 N–H and O–H groups in total. The van der Waals surface area contributed by atoms with Gasteiger partial charge in [0.25, 0.3) is 0 Å². The molecular weight excluding hydrogens is 118 g/mol. The van der Waals surface area contributed by atoms with Gasteiger partial charge >= 0.3 is 0 Å². The lowest BCUT2D eigenvalue weighted by Gasteiger charge is -2.26. The minimum Gasteiger partial charge on any atom is -0.390 e. The van der Waals surface area contributed by atoms with Gasteiger partial charge in [-0.05, 0) is 12.8 Å². The van der Waals surface area contributed by atoms with Gasteiger partial charge in [0, 0.05) is 13.2 Å². The molecule has 0 radical (unpaired) electrons. The van der Waals surface area contributed by atoms with Crippen LogP contribution in [0.4, 0.5) is 0 Å². The van der Waals surface area contributed by atoms with Crippen LogP contribution >= 0.6 is 0 Å². The molecule has 54 valence electrons. The van der Waals surface area contributed by atoms with E-state index in [2.05, 4.69) is 0 Å². The van der Waals surface area contributed by atoms with Crippen molar-refractivity contribution in [3.05, 3.63) is 0 Å². The van der Waals surface area contributed by atoms with Crippen LogP contribution in [0, 0.1) is 0 Å². The maximum atomic E-state index is 9.16. The molecule has 0 aliphatic carbocycles. The largest absolute Gasteiger partial charge is 0.390 e. The van der Waals surface area contributed by atoms with Crippen LogP contribution in [0.25, 0.3) is 0 Å². The molecule has 0 bridgehead atoms. The zero-order chi connectivity index (χ0) is 6.69. The van der Waals surface area contributed by atoms with Crippen LogP contribution < -0.4 is 5.73 Å². The summed E-state index contributed by atoms with van der Waals surface area (Å²) < 4.78 is 5.16. The molecule has 0 aromatic heterocycles. The molecule has 0 aromatic rings. The fourth-order valence-electron chi connectivity index (χ4n) is 1.05. The van der Waals surface area contributed by atoms with Gasteiger partial charge in [-0.25, -0.2) is 0 Å². The van der Waals surface area contributed by atoms with Crippen molar-refractivity contribution in [1.82, 2.24) is 0 Å². The molecule has 3 heteroatoms. The Bertz CT molecular complexity index is 87.1. The molecule has 0 aromatic carbocycles. The molecule has 1 saturated heterocycles. The van der Waals surface area contributed by atoms with E-state index in [4.69, 9.17) is 15.6 Å². The zero-order valence-corrected chi connectivity index (χ0v) is 5.42. The number of ether oxygens (including phenoxy) is 1. The van der Waals surface area contributed by atoms with E-state index in [1.165, 1.54) is 0 Å². The van der Waals surface area contributed by atoms with Crippen LogP contribution in [-0.4, -0.2) is 30.5 Å². The van der Waals surface area contributed by atoms with E-state index >= 15 is 0 Å². The van der Waals surface area contributed by atoms with Gasteiger partial charge in [0.05, 0.1) is 12.2 Å². The first kappa shape index (κ1) is 6.99. The van der Waals surface area contributed by atoms with Crippen LogP contribution in [-0.2, 0) is 4.74 Å². The van der Waals surface area contributed by atoms with E-state index in [1.54, 1.807) is 0 Å². The van der Waals surface area contributed by atoms with Gasteiger partial charge in [-0.1, -0.05) is 0 Å². The number of hydrogen-bond donors (Lipinski definition) is 2. The van der Waals surface area contributed by atoms with Crippen LogP contribution in [0.3, 0.4) is 0 Å². The lowest BCUT2D eigenvalue weighted by molar-refractivity contribution is -0.0680. The second kappa shape index (κ2) is 3.15. The first-order chi connectivity index (χ1) is 4.34. The number of aliphatic hydroxyl groups excluding tert-OH is 1. The van der Waals surface area contributed by atoms with Gasteiger partial charge in [0.2, 0.25) is 0 Å². The van der Waals surface area contributed by atoms with Gasteiger partial charge in [0.15, 0.2) is 0 Å². The highest BCUT2D eigenvalue weighted by atomic mass is 16.5. The van der Waals surface area contributed by atoms with Crippen molar-refractivity contribution in [1.29, 1.82) is 0 Å². The Balaban J connectivity index is 2.30. The normalized spacial score (nSPS) is 36.7. The predicted octanol–water partition coefficient (Wildman–Crippen LogP) is -0.515. The SMILES string of the molecule is NC[C@@H]1OCCC[C@@H]1O. The monoisotopic (exact) mass is 131 g/mol. The summed E-state index contributed by atoms with van der Waals surface area (Å²) in [6.45, 7) is 1.18. The fourth-order valence-corrected chi connectivity index (χ4v) is 1.05. The van der Waals surface area contributed by atoms with E-state index in [9.17, 15) is 0 Å². The summed E-state index contributed by atoms with van der Waals surface area (Å²) in [5, 5.41) is 9.16.